The third-order valence-electron chi connectivity index (χ3n) is 1.31. The van der Waals surface area contributed by atoms with Gasteiger partial charge in [0, 0.05) is 5.75 Å². The number of nitrogens with two attached hydrogens (primary N) is 1. The van der Waals surface area contributed by atoms with Gasteiger partial charge in [-0.3, -0.25) is 0 Å². The Morgan fingerprint density at radius 3 is 2.75 bits per heavy atom. The van der Waals surface area contributed by atoms with Crippen LogP contribution in [0.5, 0.6) is 0 Å². The summed E-state index contributed by atoms with van der Waals surface area (Å²) >= 11 is 1.53. The molecule has 0 saturated heterocycles. The van der Waals surface area contributed by atoms with Gasteiger partial charge in [0.1, 0.15) is 5.84 Å². The number of nitrogens with zero attached hydrogens (tertiary/aromatic N) is 1. The minimum Gasteiger partial charge on any atom is -0.383 e. The van der Waals surface area contributed by atoms with Crippen LogP contribution in [0.4, 0.5) is 0 Å². The predicted octanol–water partition coefficient (Wildman–Crippen LogP) is 0.324. The number of amidine groups is 1. The van der Waals surface area contributed by atoms with Gasteiger partial charge in [-0.2, -0.15) is 20.2 Å². The monoisotopic (exact) mass is 206 g/mol. The number of rotatable bonds is 3. The Kier molecular flexibility index (Phi) is 2.79. The van der Waals surface area contributed by atoms with Crippen LogP contribution < -0.4 is 5.73 Å². The lowest BCUT2D eigenvalue weighted by Gasteiger charge is -1.97. The van der Waals surface area contributed by atoms with Crippen molar-refractivity contribution < 1.29 is 8.42 Å². The second-order valence-electron chi connectivity index (χ2n) is 2.24. The standard InChI is InChI=1S/C6H10N2O2S2/c1-2-11-4-5-3-6(7)8-12(5,9)10/h3H,2,4H2,1H3,(H2,7,8). The van der Waals surface area contributed by atoms with Crippen molar-refractivity contribution in [2.24, 2.45) is 10.1 Å². The van der Waals surface area contributed by atoms with Crippen LogP contribution in [0.25, 0.3) is 0 Å². The predicted molar refractivity (Wildman–Crippen MR) is 51.6 cm³/mol. The van der Waals surface area contributed by atoms with Gasteiger partial charge < -0.3 is 5.73 Å². The molecule has 0 spiro atoms. The van der Waals surface area contributed by atoms with E-state index in [2.05, 4.69) is 4.40 Å². The molecule has 1 rings (SSSR count). The summed E-state index contributed by atoms with van der Waals surface area (Å²) in [4.78, 5) is 0.312. The Balaban J connectivity index is 2.76. The Bertz CT molecular complexity index is 329. The molecule has 0 fully saturated rings. The van der Waals surface area contributed by atoms with Crippen molar-refractivity contribution in [1.29, 1.82) is 0 Å². The van der Waals surface area contributed by atoms with Gasteiger partial charge in [0.25, 0.3) is 10.0 Å². The quantitative estimate of drug-likeness (QED) is 0.722. The third-order valence-corrected chi connectivity index (χ3v) is 3.80. The lowest BCUT2D eigenvalue weighted by atomic mass is 10.5. The lowest BCUT2D eigenvalue weighted by molar-refractivity contribution is 0.605. The van der Waals surface area contributed by atoms with Crippen molar-refractivity contribution in [2.75, 3.05) is 11.5 Å². The summed E-state index contributed by atoms with van der Waals surface area (Å²) in [5, 5.41) is 0. The smallest absolute Gasteiger partial charge is 0.281 e. The van der Waals surface area contributed by atoms with Crippen LogP contribution in [0.3, 0.4) is 0 Å². The summed E-state index contributed by atoms with van der Waals surface area (Å²) in [6, 6.07) is 0. The van der Waals surface area contributed by atoms with Gasteiger partial charge in [-0.15, -0.1) is 4.40 Å². The molecule has 0 radical (unpaired) electrons. The summed E-state index contributed by atoms with van der Waals surface area (Å²) in [5.41, 5.74) is 5.26. The van der Waals surface area contributed by atoms with Gasteiger partial charge in [0.2, 0.25) is 0 Å². The van der Waals surface area contributed by atoms with Gasteiger partial charge in [0.15, 0.2) is 0 Å². The molecule has 0 unspecified atom stereocenters. The van der Waals surface area contributed by atoms with Crippen LogP contribution >= 0.6 is 11.8 Å². The van der Waals surface area contributed by atoms with E-state index in [-0.39, 0.29) is 5.84 Å². The van der Waals surface area contributed by atoms with E-state index >= 15 is 0 Å². The van der Waals surface area contributed by atoms with Crippen molar-refractivity contribution in [3.05, 3.63) is 11.0 Å². The van der Waals surface area contributed by atoms with Crippen LogP contribution in [0.2, 0.25) is 0 Å². The molecule has 0 atom stereocenters. The molecule has 0 aliphatic carbocycles. The first kappa shape index (κ1) is 9.60. The van der Waals surface area contributed by atoms with E-state index in [1.54, 1.807) is 0 Å². The van der Waals surface area contributed by atoms with E-state index in [1.165, 1.54) is 17.8 Å². The van der Waals surface area contributed by atoms with Gasteiger partial charge in [-0.25, -0.2) is 0 Å². The van der Waals surface area contributed by atoms with Crippen molar-refractivity contribution in [1.82, 2.24) is 0 Å². The zero-order chi connectivity index (χ0) is 9.19. The fourth-order valence-corrected chi connectivity index (χ4v) is 2.83. The van der Waals surface area contributed by atoms with E-state index < -0.39 is 10.0 Å². The van der Waals surface area contributed by atoms with Crippen LogP contribution in [0.15, 0.2) is 15.4 Å². The first-order valence-corrected chi connectivity index (χ1v) is 6.04. The minimum atomic E-state index is -3.41. The molecule has 68 valence electrons. The summed E-state index contributed by atoms with van der Waals surface area (Å²) in [6.07, 6.45) is 1.41. The fourth-order valence-electron chi connectivity index (χ4n) is 0.782. The highest BCUT2D eigenvalue weighted by atomic mass is 32.2. The van der Waals surface area contributed by atoms with Crippen LogP contribution in [0.1, 0.15) is 6.92 Å². The normalized spacial score (nSPS) is 20.4. The lowest BCUT2D eigenvalue weighted by Crippen LogP contribution is -2.04. The molecule has 0 aromatic rings. The number of thioether (sulfide) groups is 1. The number of sulfonamides is 1. The largest absolute Gasteiger partial charge is 0.383 e. The molecule has 0 saturated carbocycles. The molecule has 6 heteroatoms. The minimum absolute atomic E-state index is 0.0849. The van der Waals surface area contributed by atoms with Crippen molar-refractivity contribution in [3.8, 4) is 0 Å². The van der Waals surface area contributed by atoms with Gasteiger partial charge in [-0.1, -0.05) is 6.92 Å². The molecule has 0 aromatic carbocycles. The second-order valence-corrected chi connectivity index (χ2v) is 5.17. The maximum atomic E-state index is 11.1. The summed E-state index contributed by atoms with van der Waals surface area (Å²) in [7, 11) is -3.41. The first-order valence-electron chi connectivity index (χ1n) is 3.45. The van der Waals surface area contributed by atoms with Crippen LogP contribution in [0, 0.1) is 0 Å². The van der Waals surface area contributed by atoms with Crippen LogP contribution in [-0.2, 0) is 10.0 Å². The zero-order valence-corrected chi connectivity index (χ0v) is 8.28. The van der Waals surface area contributed by atoms with Crippen LogP contribution in [-0.4, -0.2) is 25.8 Å². The van der Waals surface area contributed by atoms with E-state index in [4.69, 9.17) is 5.73 Å². The first-order chi connectivity index (χ1) is 5.56. The Labute approximate surface area is 76.0 Å². The SMILES string of the molecule is CCSCC1=CC(N)=NS1(=O)=O. The highest BCUT2D eigenvalue weighted by Gasteiger charge is 2.22. The molecule has 0 amide bonds. The molecule has 0 aromatic heterocycles. The maximum absolute atomic E-state index is 11.1. The molecule has 4 nitrogen and oxygen atoms in total. The molecular formula is C6H10N2O2S2. The third kappa shape index (κ3) is 2.01. The van der Waals surface area contributed by atoms with E-state index in [9.17, 15) is 8.42 Å². The Morgan fingerprint density at radius 2 is 2.33 bits per heavy atom. The average molecular weight is 206 g/mol. The summed E-state index contributed by atoms with van der Waals surface area (Å²) < 4.78 is 25.6. The molecular weight excluding hydrogens is 196 g/mol. The van der Waals surface area contributed by atoms with Crippen molar-refractivity contribution >= 4 is 27.6 Å². The summed E-state index contributed by atoms with van der Waals surface area (Å²) in [6.45, 7) is 1.97. The van der Waals surface area contributed by atoms with E-state index in [0.29, 0.717) is 10.7 Å². The topological polar surface area (TPSA) is 72.5 Å². The Hall–Kier alpha value is -0.490. The second kappa shape index (κ2) is 3.49. The maximum Gasteiger partial charge on any atom is 0.281 e. The van der Waals surface area contributed by atoms with Crippen molar-refractivity contribution in [3.63, 3.8) is 0 Å². The number of hydrogen-bond acceptors (Lipinski definition) is 4. The highest BCUT2D eigenvalue weighted by molar-refractivity contribution is 8.01. The van der Waals surface area contributed by atoms with Crippen molar-refractivity contribution in [2.45, 2.75) is 6.92 Å². The molecule has 1 aliphatic rings. The fraction of sp³-hybridized carbons (Fsp3) is 0.500. The van der Waals surface area contributed by atoms with Gasteiger partial charge in [0.05, 0.1) is 4.91 Å². The van der Waals surface area contributed by atoms with Gasteiger partial charge in [-0.05, 0) is 11.8 Å². The summed E-state index contributed by atoms with van der Waals surface area (Å²) in [5.74, 6) is 1.43. The average Bonchev–Trinajstić information content (AvgIpc) is 2.20. The van der Waals surface area contributed by atoms with Gasteiger partial charge >= 0.3 is 0 Å². The molecule has 0 bridgehead atoms. The zero-order valence-electron chi connectivity index (χ0n) is 6.65. The highest BCUT2D eigenvalue weighted by Crippen LogP contribution is 2.19. The molecule has 2 N–H and O–H groups in total. The number of hydrogen-bond donors (Lipinski definition) is 1. The Morgan fingerprint density at radius 1 is 1.67 bits per heavy atom. The molecule has 12 heavy (non-hydrogen) atoms. The molecule has 1 heterocycles. The van der Waals surface area contributed by atoms with E-state index in [1.807, 2.05) is 6.92 Å². The van der Waals surface area contributed by atoms with E-state index in [0.717, 1.165) is 5.75 Å². The molecule has 1 aliphatic heterocycles.